The molecular formula is C20H17Cl3FN3O. The maximum absolute atomic E-state index is 13.0. The number of amides is 1. The second-order valence-corrected chi connectivity index (χ2v) is 7.55. The highest BCUT2D eigenvalue weighted by atomic mass is 35.5. The van der Waals surface area contributed by atoms with Crippen LogP contribution in [0.1, 0.15) is 27.2 Å². The minimum absolute atomic E-state index is 0.241. The molecule has 0 aliphatic carbocycles. The molecule has 1 amide bonds. The molecule has 2 aromatic carbocycles. The minimum Gasteiger partial charge on any atom is -0.352 e. The second kappa shape index (κ2) is 8.95. The Balaban J connectivity index is 1.66. The van der Waals surface area contributed by atoms with Gasteiger partial charge in [-0.15, -0.1) is 0 Å². The number of hydrogen-bond acceptors (Lipinski definition) is 2. The van der Waals surface area contributed by atoms with E-state index < -0.39 is 0 Å². The van der Waals surface area contributed by atoms with E-state index in [1.165, 1.54) is 16.8 Å². The van der Waals surface area contributed by atoms with Crippen molar-refractivity contribution >= 4 is 40.7 Å². The van der Waals surface area contributed by atoms with Crippen LogP contribution in [0.4, 0.5) is 4.39 Å². The fourth-order valence-corrected chi connectivity index (χ4v) is 3.73. The standard InChI is InChI=1S/C20H17Cl3FN3O/c1-12-18(19(23)27(26-12)11-13-2-4-17(24)5-3-13)20(28)25-7-6-14-8-15(21)10-16(22)9-14/h2-5,8-10H,6-7,11H2,1H3,(H,25,28). The van der Waals surface area contributed by atoms with E-state index in [2.05, 4.69) is 10.4 Å². The summed E-state index contributed by atoms with van der Waals surface area (Å²) in [5.41, 5.74) is 2.60. The third kappa shape index (κ3) is 5.04. The van der Waals surface area contributed by atoms with E-state index in [1.54, 1.807) is 37.3 Å². The summed E-state index contributed by atoms with van der Waals surface area (Å²) in [4.78, 5) is 12.6. The van der Waals surface area contributed by atoms with Crippen molar-refractivity contribution in [2.75, 3.05) is 6.54 Å². The molecule has 3 rings (SSSR count). The van der Waals surface area contributed by atoms with E-state index in [-0.39, 0.29) is 16.9 Å². The zero-order chi connectivity index (χ0) is 20.3. The fraction of sp³-hybridized carbons (Fsp3) is 0.200. The van der Waals surface area contributed by atoms with Crippen molar-refractivity contribution < 1.29 is 9.18 Å². The van der Waals surface area contributed by atoms with Crippen LogP contribution in [-0.4, -0.2) is 22.2 Å². The third-order valence-corrected chi connectivity index (χ3v) is 4.98. The van der Waals surface area contributed by atoms with Gasteiger partial charge in [-0.2, -0.15) is 5.10 Å². The predicted molar refractivity (Wildman–Crippen MR) is 110 cm³/mol. The number of halogens is 4. The molecule has 0 spiro atoms. The van der Waals surface area contributed by atoms with Gasteiger partial charge in [0.1, 0.15) is 11.0 Å². The normalized spacial score (nSPS) is 10.9. The van der Waals surface area contributed by atoms with Crippen LogP contribution in [0.2, 0.25) is 15.2 Å². The molecule has 3 aromatic rings. The molecule has 0 bridgehead atoms. The maximum Gasteiger partial charge on any atom is 0.256 e. The van der Waals surface area contributed by atoms with Crippen LogP contribution in [0, 0.1) is 12.7 Å². The van der Waals surface area contributed by atoms with Crippen molar-refractivity contribution in [3.8, 4) is 0 Å². The Morgan fingerprint density at radius 2 is 1.71 bits per heavy atom. The number of carbonyl (C=O) groups is 1. The number of hydrogen-bond donors (Lipinski definition) is 1. The van der Waals surface area contributed by atoms with Crippen molar-refractivity contribution in [1.29, 1.82) is 0 Å². The van der Waals surface area contributed by atoms with Gasteiger partial charge < -0.3 is 5.32 Å². The molecular weight excluding hydrogens is 424 g/mol. The van der Waals surface area contributed by atoms with Crippen molar-refractivity contribution in [2.45, 2.75) is 19.9 Å². The lowest BCUT2D eigenvalue weighted by Crippen LogP contribution is -2.26. The monoisotopic (exact) mass is 439 g/mol. The molecule has 0 aliphatic heterocycles. The Bertz CT molecular complexity index is 982. The summed E-state index contributed by atoms with van der Waals surface area (Å²) in [6, 6.07) is 11.3. The molecule has 8 heteroatoms. The van der Waals surface area contributed by atoms with Gasteiger partial charge >= 0.3 is 0 Å². The predicted octanol–water partition coefficient (Wildman–Crippen LogP) is 5.31. The van der Waals surface area contributed by atoms with Gasteiger partial charge in [0.05, 0.1) is 17.8 Å². The number of carbonyl (C=O) groups excluding carboxylic acids is 1. The van der Waals surface area contributed by atoms with Crippen molar-refractivity contribution in [2.24, 2.45) is 0 Å². The van der Waals surface area contributed by atoms with E-state index in [0.717, 1.165) is 11.1 Å². The maximum atomic E-state index is 13.0. The molecule has 0 unspecified atom stereocenters. The molecule has 4 nitrogen and oxygen atoms in total. The van der Waals surface area contributed by atoms with Crippen LogP contribution >= 0.6 is 34.8 Å². The summed E-state index contributed by atoms with van der Waals surface area (Å²) in [7, 11) is 0. The molecule has 1 N–H and O–H groups in total. The topological polar surface area (TPSA) is 46.9 Å². The lowest BCUT2D eigenvalue weighted by atomic mass is 10.1. The number of nitrogens with one attached hydrogen (secondary N) is 1. The third-order valence-electron chi connectivity index (χ3n) is 4.16. The molecule has 0 saturated heterocycles. The first-order valence-electron chi connectivity index (χ1n) is 8.54. The Morgan fingerprint density at radius 3 is 2.36 bits per heavy atom. The first-order valence-corrected chi connectivity index (χ1v) is 9.67. The van der Waals surface area contributed by atoms with Crippen LogP contribution in [0.3, 0.4) is 0 Å². The average Bonchev–Trinajstić information content (AvgIpc) is 2.89. The Morgan fingerprint density at radius 1 is 1.07 bits per heavy atom. The van der Waals surface area contributed by atoms with E-state index in [0.29, 0.717) is 40.8 Å². The molecule has 0 radical (unpaired) electrons. The van der Waals surface area contributed by atoms with Crippen LogP contribution < -0.4 is 5.32 Å². The Kier molecular flexibility index (Phi) is 6.60. The Labute approximate surface area is 177 Å². The largest absolute Gasteiger partial charge is 0.352 e. The van der Waals surface area contributed by atoms with Crippen molar-refractivity contribution in [3.63, 3.8) is 0 Å². The second-order valence-electron chi connectivity index (χ2n) is 6.32. The van der Waals surface area contributed by atoms with E-state index in [1.807, 2.05) is 0 Å². The van der Waals surface area contributed by atoms with Gasteiger partial charge in [0.15, 0.2) is 0 Å². The molecule has 28 heavy (non-hydrogen) atoms. The zero-order valence-corrected chi connectivity index (χ0v) is 17.2. The summed E-state index contributed by atoms with van der Waals surface area (Å²) in [5.74, 6) is -0.617. The zero-order valence-electron chi connectivity index (χ0n) is 15.0. The molecule has 0 atom stereocenters. The van der Waals surface area contributed by atoms with Gasteiger partial charge in [-0.3, -0.25) is 4.79 Å². The smallest absolute Gasteiger partial charge is 0.256 e. The number of aryl methyl sites for hydroxylation is 1. The van der Waals surface area contributed by atoms with Crippen LogP contribution in [0.15, 0.2) is 42.5 Å². The molecule has 0 saturated carbocycles. The SMILES string of the molecule is Cc1nn(Cc2ccc(F)cc2)c(Cl)c1C(=O)NCCc1cc(Cl)cc(Cl)c1. The molecule has 1 aromatic heterocycles. The van der Waals surface area contributed by atoms with Gasteiger partial charge in [0.25, 0.3) is 5.91 Å². The highest BCUT2D eigenvalue weighted by Crippen LogP contribution is 2.22. The lowest BCUT2D eigenvalue weighted by molar-refractivity contribution is 0.0953. The van der Waals surface area contributed by atoms with Crippen LogP contribution in [0.25, 0.3) is 0 Å². The lowest BCUT2D eigenvalue weighted by Gasteiger charge is -2.07. The summed E-state index contributed by atoms with van der Waals surface area (Å²) in [6.45, 7) is 2.46. The van der Waals surface area contributed by atoms with Gasteiger partial charge in [-0.25, -0.2) is 9.07 Å². The molecule has 1 heterocycles. The number of nitrogens with zero attached hydrogens (tertiary/aromatic N) is 2. The Hall–Kier alpha value is -2.08. The van der Waals surface area contributed by atoms with E-state index in [9.17, 15) is 9.18 Å². The van der Waals surface area contributed by atoms with Gasteiger partial charge in [0, 0.05) is 16.6 Å². The summed E-state index contributed by atoms with van der Waals surface area (Å²) in [6.07, 6.45) is 0.576. The minimum atomic E-state index is -0.312. The quantitative estimate of drug-likeness (QED) is 0.564. The van der Waals surface area contributed by atoms with E-state index >= 15 is 0 Å². The van der Waals surface area contributed by atoms with Crippen LogP contribution in [0.5, 0.6) is 0 Å². The van der Waals surface area contributed by atoms with Crippen molar-refractivity contribution in [3.05, 3.63) is 85.9 Å². The summed E-state index contributed by atoms with van der Waals surface area (Å²) in [5, 5.41) is 8.52. The number of aromatic nitrogens is 2. The molecule has 146 valence electrons. The van der Waals surface area contributed by atoms with E-state index in [4.69, 9.17) is 34.8 Å². The van der Waals surface area contributed by atoms with Crippen LogP contribution in [-0.2, 0) is 13.0 Å². The van der Waals surface area contributed by atoms with Gasteiger partial charge in [-0.1, -0.05) is 46.9 Å². The first kappa shape index (κ1) is 20.6. The van der Waals surface area contributed by atoms with Crippen molar-refractivity contribution in [1.82, 2.24) is 15.1 Å². The summed E-state index contributed by atoms with van der Waals surface area (Å²) < 4.78 is 14.6. The van der Waals surface area contributed by atoms with Gasteiger partial charge in [-0.05, 0) is 54.8 Å². The number of benzene rings is 2. The fourth-order valence-electron chi connectivity index (χ4n) is 2.84. The first-order chi connectivity index (χ1) is 13.3. The highest BCUT2D eigenvalue weighted by molar-refractivity contribution is 6.34. The average molecular weight is 441 g/mol. The molecule has 0 fully saturated rings. The highest BCUT2D eigenvalue weighted by Gasteiger charge is 2.20. The summed E-state index contributed by atoms with van der Waals surface area (Å²) >= 11 is 18.3. The van der Waals surface area contributed by atoms with Gasteiger partial charge in [0.2, 0.25) is 0 Å². The number of rotatable bonds is 6. The molecule has 0 aliphatic rings.